The maximum Gasteiger partial charge on any atom is 0.270 e. The molecule has 0 saturated carbocycles. The minimum Gasteiger partial charge on any atom is -0.377 e. The number of aromatic amines is 1. The molecule has 0 spiro atoms. The maximum atomic E-state index is 10.7. The summed E-state index contributed by atoms with van der Waals surface area (Å²) in [5.41, 5.74) is 1.59. The first kappa shape index (κ1) is 14.7. The predicted octanol–water partition coefficient (Wildman–Crippen LogP) is 3.53. The second-order valence-corrected chi connectivity index (χ2v) is 5.62. The largest absolute Gasteiger partial charge is 0.377 e. The zero-order chi connectivity index (χ0) is 16.2. The molecular weight excluding hydrogens is 314 g/mol. The van der Waals surface area contributed by atoms with Gasteiger partial charge in [-0.1, -0.05) is 6.07 Å². The SMILES string of the molecule is N#Cc1cc([N+](=O)[O-])ccc1NCc1ncc(-c2cccs2)[nH]1. The van der Waals surface area contributed by atoms with Crippen LogP contribution in [0.25, 0.3) is 10.6 Å². The molecule has 2 heterocycles. The number of non-ortho nitro benzene ring substituents is 1. The molecule has 0 unspecified atom stereocenters. The molecule has 0 radical (unpaired) electrons. The molecule has 2 N–H and O–H groups in total. The van der Waals surface area contributed by atoms with Gasteiger partial charge in [0.2, 0.25) is 0 Å². The maximum absolute atomic E-state index is 10.7. The second kappa shape index (κ2) is 6.29. The Morgan fingerprint density at radius 3 is 3.00 bits per heavy atom. The Labute approximate surface area is 135 Å². The van der Waals surface area contributed by atoms with Crippen LogP contribution in [0.4, 0.5) is 11.4 Å². The summed E-state index contributed by atoms with van der Waals surface area (Å²) >= 11 is 1.62. The molecule has 8 heteroatoms. The first-order chi connectivity index (χ1) is 11.2. The average molecular weight is 325 g/mol. The quantitative estimate of drug-likeness (QED) is 0.551. The predicted molar refractivity (Wildman–Crippen MR) is 87.0 cm³/mol. The van der Waals surface area contributed by atoms with E-state index < -0.39 is 4.92 Å². The zero-order valence-electron chi connectivity index (χ0n) is 11.8. The molecule has 2 aromatic heterocycles. The third-order valence-electron chi connectivity index (χ3n) is 3.20. The number of imidazole rings is 1. The van der Waals surface area contributed by atoms with Gasteiger partial charge in [-0.15, -0.1) is 11.3 Å². The van der Waals surface area contributed by atoms with E-state index in [2.05, 4.69) is 15.3 Å². The molecule has 0 amide bonds. The molecule has 7 nitrogen and oxygen atoms in total. The fourth-order valence-electron chi connectivity index (χ4n) is 2.08. The summed E-state index contributed by atoms with van der Waals surface area (Å²) in [4.78, 5) is 18.8. The smallest absolute Gasteiger partial charge is 0.270 e. The molecule has 0 aliphatic heterocycles. The number of nitro benzene ring substituents is 1. The monoisotopic (exact) mass is 325 g/mol. The van der Waals surface area contributed by atoms with Crippen LogP contribution in [0.3, 0.4) is 0 Å². The lowest BCUT2D eigenvalue weighted by molar-refractivity contribution is -0.384. The number of nitrogens with one attached hydrogen (secondary N) is 2. The van der Waals surface area contributed by atoms with Gasteiger partial charge in [-0.2, -0.15) is 5.26 Å². The second-order valence-electron chi connectivity index (χ2n) is 4.67. The highest BCUT2D eigenvalue weighted by molar-refractivity contribution is 7.13. The Hall–Kier alpha value is -3.18. The topological polar surface area (TPSA) is 108 Å². The van der Waals surface area contributed by atoms with Crippen molar-refractivity contribution in [2.75, 3.05) is 5.32 Å². The van der Waals surface area contributed by atoms with Crippen LogP contribution >= 0.6 is 11.3 Å². The zero-order valence-corrected chi connectivity index (χ0v) is 12.6. The number of hydrogen-bond donors (Lipinski definition) is 2. The summed E-state index contributed by atoms with van der Waals surface area (Å²) < 4.78 is 0. The summed E-state index contributed by atoms with van der Waals surface area (Å²) in [7, 11) is 0. The molecule has 0 aliphatic rings. The summed E-state index contributed by atoms with van der Waals surface area (Å²) in [5, 5.41) is 24.9. The van der Waals surface area contributed by atoms with Gasteiger partial charge in [0.25, 0.3) is 5.69 Å². The number of thiophene rings is 1. The fraction of sp³-hybridized carbons (Fsp3) is 0.0667. The van der Waals surface area contributed by atoms with Gasteiger partial charge in [0, 0.05) is 12.1 Å². The summed E-state index contributed by atoms with van der Waals surface area (Å²) in [5.74, 6) is 0.718. The van der Waals surface area contributed by atoms with Crippen molar-refractivity contribution in [2.24, 2.45) is 0 Å². The highest BCUT2D eigenvalue weighted by atomic mass is 32.1. The van der Waals surface area contributed by atoms with Crippen LogP contribution < -0.4 is 5.32 Å². The van der Waals surface area contributed by atoms with Crippen LogP contribution in [0.1, 0.15) is 11.4 Å². The van der Waals surface area contributed by atoms with E-state index in [1.807, 2.05) is 23.6 Å². The van der Waals surface area contributed by atoms with Gasteiger partial charge in [0.15, 0.2) is 0 Å². The molecule has 0 aliphatic carbocycles. The molecule has 23 heavy (non-hydrogen) atoms. The fourth-order valence-corrected chi connectivity index (χ4v) is 2.77. The highest BCUT2D eigenvalue weighted by Crippen LogP contribution is 2.24. The van der Waals surface area contributed by atoms with E-state index in [0.29, 0.717) is 12.2 Å². The van der Waals surface area contributed by atoms with Crippen molar-refractivity contribution in [3.63, 3.8) is 0 Å². The van der Waals surface area contributed by atoms with Crippen molar-refractivity contribution in [2.45, 2.75) is 6.54 Å². The Kier molecular flexibility index (Phi) is 4.03. The van der Waals surface area contributed by atoms with Gasteiger partial charge in [-0.05, 0) is 17.5 Å². The molecule has 114 valence electrons. The van der Waals surface area contributed by atoms with E-state index in [-0.39, 0.29) is 11.3 Å². The molecule has 3 aromatic rings. The van der Waals surface area contributed by atoms with Crippen LogP contribution in [-0.2, 0) is 6.54 Å². The lowest BCUT2D eigenvalue weighted by atomic mass is 10.1. The van der Waals surface area contributed by atoms with E-state index >= 15 is 0 Å². The van der Waals surface area contributed by atoms with Crippen LogP contribution in [0.15, 0.2) is 41.9 Å². The summed E-state index contributed by atoms with van der Waals surface area (Å²) in [6.07, 6.45) is 1.75. The number of rotatable bonds is 5. The number of aromatic nitrogens is 2. The summed E-state index contributed by atoms with van der Waals surface area (Å²) in [6.45, 7) is 0.387. The van der Waals surface area contributed by atoms with Crippen molar-refractivity contribution >= 4 is 22.7 Å². The van der Waals surface area contributed by atoms with Gasteiger partial charge in [0.05, 0.1) is 39.5 Å². The number of nitriles is 1. The normalized spacial score (nSPS) is 10.2. The van der Waals surface area contributed by atoms with Gasteiger partial charge in [0.1, 0.15) is 11.9 Å². The van der Waals surface area contributed by atoms with Crippen LogP contribution in [0.5, 0.6) is 0 Å². The van der Waals surface area contributed by atoms with Crippen molar-refractivity contribution in [1.29, 1.82) is 5.26 Å². The van der Waals surface area contributed by atoms with E-state index in [1.165, 1.54) is 18.2 Å². The van der Waals surface area contributed by atoms with Crippen molar-refractivity contribution in [1.82, 2.24) is 9.97 Å². The van der Waals surface area contributed by atoms with Crippen LogP contribution in [0.2, 0.25) is 0 Å². The van der Waals surface area contributed by atoms with E-state index in [0.717, 1.165) is 16.4 Å². The van der Waals surface area contributed by atoms with Crippen molar-refractivity contribution < 1.29 is 4.92 Å². The standard InChI is InChI=1S/C15H11N5O2S/c16-7-10-6-11(20(21)22)3-4-12(10)17-9-15-18-8-13(19-15)14-2-1-5-23-14/h1-6,8,17H,9H2,(H,18,19). The van der Waals surface area contributed by atoms with E-state index in [9.17, 15) is 10.1 Å². The average Bonchev–Trinajstić information content (AvgIpc) is 3.23. The molecule has 1 aromatic carbocycles. The van der Waals surface area contributed by atoms with Crippen LogP contribution in [0, 0.1) is 21.4 Å². The Morgan fingerprint density at radius 2 is 2.30 bits per heavy atom. The van der Waals surface area contributed by atoms with Crippen molar-refractivity contribution in [3.05, 3.63) is 63.4 Å². The highest BCUT2D eigenvalue weighted by Gasteiger charge is 2.11. The summed E-state index contributed by atoms with van der Waals surface area (Å²) in [6, 6.07) is 10.1. The van der Waals surface area contributed by atoms with Gasteiger partial charge < -0.3 is 10.3 Å². The number of anilines is 1. The number of benzene rings is 1. The number of hydrogen-bond acceptors (Lipinski definition) is 6. The number of nitrogens with zero attached hydrogens (tertiary/aromatic N) is 3. The van der Waals surface area contributed by atoms with Gasteiger partial charge in [-0.25, -0.2) is 4.98 Å². The van der Waals surface area contributed by atoms with E-state index in [4.69, 9.17) is 5.26 Å². The third-order valence-corrected chi connectivity index (χ3v) is 4.10. The van der Waals surface area contributed by atoms with Gasteiger partial charge in [-0.3, -0.25) is 10.1 Å². The Morgan fingerprint density at radius 1 is 1.43 bits per heavy atom. The Bertz CT molecular complexity index is 880. The number of nitro groups is 1. The molecular formula is C15H11N5O2S. The molecule has 0 fully saturated rings. The first-order valence-corrected chi connectivity index (χ1v) is 7.55. The van der Waals surface area contributed by atoms with Crippen LogP contribution in [-0.4, -0.2) is 14.9 Å². The Balaban J connectivity index is 1.74. The van der Waals surface area contributed by atoms with Crippen molar-refractivity contribution in [3.8, 4) is 16.6 Å². The minimum atomic E-state index is -0.523. The molecule has 0 atom stereocenters. The van der Waals surface area contributed by atoms with Gasteiger partial charge >= 0.3 is 0 Å². The minimum absolute atomic E-state index is 0.106. The lowest BCUT2D eigenvalue weighted by Gasteiger charge is -2.06. The third kappa shape index (κ3) is 3.20. The first-order valence-electron chi connectivity index (χ1n) is 6.67. The number of H-pyrrole nitrogens is 1. The van der Waals surface area contributed by atoms with E-state index in [1.54, 1.807) is 17.5 Å². The lowest BCUT2D eigenvalue weighted by Crippen LogP contribution is -2.03. The molecule has 0 saturated heterocycles. The molecule has 0 bridgehead atoms. The molecule has 3 rings (SSSR count).